The van der Waals surface area contributed by atoms with Gasteiger partial charge in [0.1, 0.15) is 5.60 Å². The van der Waals surface area contributed by atoms with Gasteiger partial charge in [-0.05, 0) is 32.2 Å². The second kappa shape index (κ2) is 4.49. The van der Waals surface area contributed by atoms with Crippen molar-refractivity contribution in [3.8, 4) is 0 Å². The third kappa shape index (κ3) is 2.61. The number of nitrogens with one attached hydrogen (secondary N) is 1. The van der Waals surface area contributed by atoms with Crippen LogP contribution in [0.5, 0.6) is 0 Å². The van der Waals surface area contributed by atoms with Crippen LogP contribution >= 0.6 is 23.2 Å². The highest BCUT2D eigenvalue weighted by atomic mass is 35.5. The summed E-state index contributed by atoms with van der Waals surface area (Å²) in [6.07, 6.45) is 0. The minimum atomic E-state index is -1.00. The Hall–Kier alpha value is -0.280. The maximum absolute atomic E-state index is 10.1. The topological polar surface area (TPSA) is 32.3 Å². The highest BCUT2D eigenvalue weighted by Crippen LogP contribution is 2.29. The summed E-state index contributed by atoms with van der Waals surface area (Å²) in [5.41, 5.74) is -0.363. The minimum absolute atomic E-state index is 0.424. The van der Waals surface area contributed by atoms with Crippen molar-refractivity contribution in [3.63, 3.8) is 0 Å². The molecular weight excluding hydrogens is 221 g/mol. The van der Waals surface area contributed by atoms with E-state index in [1.54, 1.807) is 32.2 Å². The molecule has 1 rings (SSSR count). The molecule has 0 aliphatic rings. The monoisotopic (exact) mass is 233 g/mol. The minimum Gasteiger partial charge on any atom is -0.384 e. The zero-order valence-corrected chi connectivity index (χ0v) is 9.65. The molecule has 0 spiro atoms. The quantitative estimate of drug-likeness (QED) is 0.841. The standard InChI is InChI=1S/C10H13Cl2NO/c1-10(14,6-13-2)8-5-7(11)3-4-9(8)12/h3-5,13-14H,6H2,1-2H3. The molecule has 14 heavy (non-hydrogen) atoms. The van der Waals surface area contributed by atoms with Crippen LogP contribution in [0, 0.1) is 0 Å². The molecule has 0 aliphatic heterocycles. The predicted molar refractivity (Wildman–Crippen MR) is 60.0 cm³/mol. The fourth-order valence-electron chi connectivity index (χ4n) is 1.35. The molecule has 0 radical (unpaired) electrons. The van der Waals surface area contributed by atoms with Gasteiger partial charge in [0.05, 0.1) is 0 Å². The van der Waals surface area contributed by atoms with Crippen LogP contribution in [0.4, 0.5) is 0 Å². The summed E-state index contributed by atoms with van der Waals surface area (Å²) in [4.78, 5) is 0. The molecule has 0 heterocycles. The van der Waals surface area contributed by atoms with Gasteiger partial charge in [-0.1, -0.05) is 23.2 Å². The van der Waals surface area contributed by atoms with Gasteiger partial charge in [0.15, 0.2) is 0 Å². The first-order chi connectivity index (χ1) is 6.47. The molecule has 0 amide bonds. The summed E-state index contributed by atoms with van der Waals surface area (Å²) < 4.78 is 0. The van der Waals surface area contributed by atoms with Crippen molar-refractivity contribution in [1.29, 1.82) is 0 Å². The molecule has 4 heteroatoms. The Morgan fingerprint density at radius 1 is 1.43 bits per heavy atom. The molecule has 0 fully saturated rings. The molecule has 0 aromatic heterocycles. The molecule has 0 saturated carbocycles. The first-order valence-corrected chi connectivity index (χ1v) is 5.05. The van der Waals surface area contributed by atoms with Gasteiger partial charge in [-0.3, -0.25) is 0 Å². The number of benzene rings is 1. The Labute approximate surface area is 93.8 Å². The van der Waals surface area contributed by atoms with Gasteiger partial charge in [-0.2, -0.15) is 0 Å². The predicted octanol–water partition coefficient (Wildman–Crippen LogP) is 2.42. The van der Waals surface area contributed by atoms with Crippen LogP contribution in [0.1, 0.15) is 12.5 Å². The largest absolute Gasteiger partial charge is 0.384 e. The third-order valence-electron chi connectivity index (χ3n) is 2.03. The van der Waals surface area contributed by atoms with Gasteiger partial charge >= 0.3 is 0 Å². The van der Waals surface area contributed by atoms with Crippen LogP contribution < -0.4 is 5.32 Å². The summed E-state index contributed by atoms with van der Waals surface area (Å²) in [7, 11) is 1.77. The number of aliphatic hydroxyl groups is 1. The van der Waals surface area contributed by atoms with Gasteiger partial charge in [0, 0.05) is 22.2 Å². The highest BCUT2D eigenvalue weighted by molar-refractivity contribution is 6.33. The summed E-state index contributed by atoms with van der Waals surface area (Å²) in [6.45, 7) is 2.12. The number of hydrogen-bond donors (Lipinski definition) is 2. The van der Waals surface area contributed by atoms with E-state index in [0.29, 0.717) is 22.2 Å². The van der Waals surface area contributed by atoms with Crippen molar-refractivity contribution in [2.75, 3.05) is 13.6 Å². The Bertz CT molecular complexity index is 326. The Balaban J connectivity index is 3.10. The maximum Gasteiger partial charge on any atom is 0.101 e. The Morgan fingerprint density at radius 3 is 2.64 bits per heavy atom. The number of likely N-dealkylation sites (N-methyl/N-ethyl adjacent to an activating group) is 1. The maximum atomic E-state index is 10.1. The first-order valence-electron chi connectivity index (χ1n) is 4.30. The van der Waals surface area contributed by atoms with Crippen molar-refractivity contribution in [2.24, 2.45) is 0 Å². The molecule has 0 aliphatic carbocycles. The van der Waals surface area contributed by atoms with E-state index in [-0.39, 0.29) is 0 Å². The van der Waals surface area contributed by atoms with Crippen LogP contribution in [0.15, 0.2) is 18.2 Å². The summed E-state index contributed by atoms with van der Waals surface area (Å²) >= 11 is 11.8. The number of halogens is 2. The van der Waals surface area contributed by atoms with Crippen molar-refractivity contribution in [1.82, 2.24) is 5.32 Å². The molecule has 1 aromatic carbocycles. The lowest BCUT2D eigenvalue weighted by Crippen LogP contribution is -2.33. The summed E-state index contributed by atoms with van der Waals surface area (Å²) in [5, 5.41) is 14.1. The van der Waals surface area contributed by atoms with E-state index in [4.69, 9.17) is 23.2 Å². The highest BCUT2D eigenvalue weighted by Gasteiger charge is 2.24. The SMILES string of the molecule is CNCC(C)(O)c1cc(Cl)ccc1Cl. The molecule has 0 bridgehead atoms. The fraction of sp³-hybridized carbons (Fsp3) is 0.400. The average molecular weight is 234 g/mol. The third-order valence-corrected chi connectivity index (χ3v) is 2.59. The van der Waals surface area contributed by atoms with Crippen LogP contribution in [-0.2, 0) is 5.60 Å². The van der Waals surface area contributed by atoms with E-state index in [1.807, 2.05) is 0 Å². The Morgan fingerprint density at radius 2 is 2.07 bits per heavy atom. The molecule has 1 atom stereocenters. The second-order valence-corrected chi connectivity index (χ2v) is 4.27. The normalized spacial score (nSPS) is 15.2. The van der Waals surface area contributed by atoms with E-state index in [1.165, 1.54) is 0 Å². The zero-order valence-electron chi connectivity index (χ0n) is 8.14. The molecule has 2 N–H and O–H groups in total. The lowest BCUT2D eigenvalue weighted by atomic mass is 9.96. The van der Waals surface area contributed by atoms with Gasteiger partial charge < -0.3 is 10.4 Å². The van der Waals surface area contributed by atoms with E-state index >= 15 is 0 Å². The van der Waals surface area contributed by atoms with Crippen LogP contribution in [0.2, 0.25) is 10.0 Å². The molecule has 0 saturated heterocycles. The second-order valence-electron chi connectivity index (χ2n) is 3.43. The van der Waals surface area contributed by atoms with Crippen molar-refractivity contribution >= 4 is 23.2 Å². The van der Waals surface area contributed by atoms with Gasteiger partial charge in [0.25, 0.3) is 0 Å². The average Bonchev–Trinajstić information content (AvgIpc) is 2.09. The molecular formula is C10H13Cl2NO. The zero-order chi connectivity index (χ0) is 10.8. The van der Waals surface area contributed by atoms with Crippen molar-refractivity contribution < 1.29 is 5.11 Å². The fourth-order valence-corrected chi connectivity index (χ4v) is 1.84. The van der Waals surface area contributed by atoms with Gasteiger partial charge in [-0.15, -0.1) is 0 Å². The van der Waals surface area contributed by atoms with E-state index in [2.05, 4.69) is 5.32 Å². The van der Waals surface area contributed by atoms with E-state index in [9.17, 15) is 5.11 Å². The molecule has 1 unspecified atom stereocenters. The molecule has 1 aromatic rings. The number of rotatable bonds is 3. The summed E-state index contributed by atoms with van der Waals surface area (Å²) in [6, 6.07) is 5.06. The summed E-state index contributed by atoms with van der Waals surface area (Å²) in [5.74, 6) is 0. The molecule has 2 nitrogen and oxygen atoms in total. The van der Waals surface area contributed by atoms with E-state index in [0.717, 1.165) is 0 Å². The van der Waals surface area contributed by atoms with Crippen LogP contribution in [0.25, 0.3) is 0 Å². The Kier molecular flexibility index (Phi) is 3.78. The lowest BCUT2D eigenvalue weighted by molar-refractivity contribution is 0.0593. The van der Waals surface area contributed by atoms with E-state index < -0.39 is 5.60 Å². The van der Waals surface area contributed by atoms with Crippen molar-refractivity contribution in [3.05, 3.63) is 33.8 Å². The molecule has 78 valence electrons. The van der Waals surface area contributed by atoms with Gasteiger partial charge in [0.2, 0.25) is 0 Å². The van der Waals surface area contributed by atoms with Crippen LogP contribution in [-0.4, -0.2) is 18.7 Å². The van der Waals surface area contributed by atoms with Crippen LogP contribution in [0.3, 0.4) is 0 Å². The first kappa shape index (κ1) is 11.8. The van der Waals surface area contributed by atoms with Crippen molar-refractivity contribution in [2.45, 2.75) is 12.5 Å². The number of hydrogen-bond acceptors (Lipinski definition) is 2. The lowest BCUT2D eigenvalue weighted by Gasteiger charge is -2.24. The smallest absolute Gasteiger partial charge is 0.101 e. The van der Waals surface area contributed by atoms with Gasteiger partial charge in [-0.25, -0.2) is 0 Å².